The molecular weight excluding hydrogens is 282 g/mol. The second-order valence-electron chi connectivity index (χ2n) is 6.25. The lowest BCUT2D eigenvalue weighted by Gasteiger charge is -2.34. The van der Waals surface area contributed by atoms with Crippen molar-refractivity contribution >= 4 is 17.7 Å². The van der Waals surface area contributed by atoms with Gasteiger partial charge < -0.3 is 5.11 Å². The van der Waals surface area contributed by atoms with Gasteiger partial charge in [0.2, 0.25) is 0 Å². The highest BCUT2D eigenvalue weighted by Gasteiger charge is 2.46. The Morgan fingerprint density at radius 1 is 1.48 bits per heavy atom. The molecule has 21 heavy (non-hydrogen) atoms. The molecule has 2 aliphatic heterocycles. The maximum atomic E-state index is 11.8. The Kier molecular flexibility index (Phi) is 4.27. The lowest BCUT2D eigenvalue weighted by Crippen LogP contribution is -2.36. The molecule has 1 aromatic rings. The first-order valence-electron chi connectivity index (χ1n) is 7.85. The lowest BCUT2D eigenvalue weighted by molar-refractivity contribution is -0.148. The molecule has 4 heteroatoms. The number of benzene rings is 1. The van der Waals surface area contributed by atoms with Crippen LogP contribution in [-0.2, 0) is 4.79 Å². The third kappa shape index (κ3) is 2.71. The summed E-state index contributed by atoms with van der Waals surface area (Å²) in [6, 6.07) is 9.01. The maximum Gasteiger partial charge on any atom is 0.310 e. The molecule has 2 aliphatic rings. The van der Waals surface area contributed by atoms with Crippen molar-refractivity contribution in [1.82, 2.24) is 4.90 Å². The van der Waals surface area contributed by atoms with Crippen molar-refractivity contribution < 1.29 is 9.90 Å². The second kappa shape index (κ2) is 6.01. The molecule has 2 heterocycles. The van der Waals surface area contributed by atoms with Gasteiger partial charge in [-0.05, 0) is 43.2 Å². The molecule has 1 fully saturated rings. The van der Waals surface area contributed by atoms with Gasteiger partial charge in [-0.25, -0.2) is 0 Å². The van der Waals surface area contributed by atoms with E-state index in [-0.39, 0.29) is 0 Å². The van der Waals surface area contributed by atoms with Gasteiger partial charge in [-0.15, -0.1) is 11.8 Å². The van der Waals surface area contributed by atoms with Gasteiger partial charge in [0.05, 0.1) is 5.41 Å². The Bertz CT molecular complexity index is 533. The molecule has 1 saturated heterocycles. The highest BCUT2D eigenvalue weighted by atomic mass is 32.2. The van der Waals surface area contributed by atoms with Crippen LogP contribution in [0.15, 0.2) is 29.2 Å². The fraction of sp³-hybridized carbons (Fsp3) is 0.588. The molecule has 0 radical (unpaired) electrons. The molecule has 2 atom stereocenters. The molecule has 3 nitrogen and oxygen atoms in total. The maximum absolute atomic E-state index is 11.8. The number of hydrogen-bond acceptors (Lipinski definition) is 3. The summed E-state index contributed by atoms with van der Waals surface area (Å²) >= 11 is 1.92. The van der Waals surface area contributed by atoms with E-state index in [4.69, 9.17) is 0 Å². The number of thioether (sulfide) groups is 1. The molecule has 3 rings (SSSR count). The van der Waals surface area contributed by atoms with E-state index in [1.165, 1.54) is 10.5 Å². The van der Waals surface area contributed by atoms with Crippen molar-refractivity contribution in [3.8, 4) is 0 Å². The molecule has 0 spiro atoms. The van der Waals surface area contributed by atoms with E-state index in [2.05, 4.69) is 36.1 Å². The van der Waals surface area contributed by atoms with Crippen LogP contribution in [-0.4, -0.2) is 34.8 Å². The molecule has 1 aromatic carbocycles. The van der Waals surface area contributed by atoms with Gasteiger partial charge in [-0.1, -0.05) is 31.5 Å². The third-order valence-electron chi connectivity index (χ3n) is 4.93. The first-order chi connectivity index (χ1) is 10.2. The van der Waals surface area contributed by atoms with Crippen LogP contribution in [0.1, 0.15) is 44.2 Å². The van der Waals surface area contributed by atoms with Gasteiger partial charge in [0.1, 0.15) is 0 Å². The standard InChI is InChI=1S/C17H23NO2S/c1-2-8-17(16(19)20)9-10-18(12-17)14-7-11-21-15-6-4-3-5-13(14)15/h3-6,14H,2,7-12H2,1H3,(H,19,20). The summed E-state index contributed by atoms with van der Waals surface area (Å²) in [7, 11) is 0. The minimum Gasteiger partial charge on any atom is -0.481 e. The zero-order valence-electron chi connectivity index (χ0n) is 12.5. The second-order valence-corrected chi connectivity index (χ2v) is 7.38. The first-order valence-corrected chi connectivity index (χ1v) is 8.84. The van der Waals surface area contributed by atoms with E-state index in [0.717, 1.165) is 38.0 Å². The minimum atomic E-state index is -0.606. The van der Waals surface area contributed by atoms with Crippen molar-refractivity contribution in [3.63, 3.8) is 0 Å². The summed E-state index contributed by atoms with van der Waals surface area (Å²) < 4.78 is 0. The SMILES string of the molecule is CCCC1(C(=O)O)CCN(C2CCSc3ccccc32)C1. The fourth-order valence-corrected chi connectivity index (χ4v) is 4.94. The van der Waals surface area contributed by atoms with Crippen LogP contribution < -0.4 is 0 Å². The number of carboxylic acids is 1. The molecule has 0 aromatic heterocycles. The van der Waals surface area contributed by atoms with Crippen molar-refractivity contribution in [3.05, 3.63) is 29.8 Å². The topological polar surface area (TPSA) is 40.5 Å². The molecule has 114 valence electrons. The van der Waals surface area contributed by atoms with Gasteiger partial charge in [0.15, 0.2) is 0 Å². The summed E-state index contributed by atoms with van der Waals surface area (Å²) in [5.74, 6) is 0.525. The molecule has 0 saturated carbocycles. The summed E-state index contributed by atoms with van der Waals surface area (Å²) in [5.41, 5.74) is 0.875. The number of nitrogens with zero attached hydrogens (tertiary/aromatic N) is 1. The summed E-state index contributed by atoms with van der Waals surface area (Å²) in [6.07, 6.45) is 3.66. The normalized spacial score (nSPS) is 29.3. The van der Waals surface area contributed by atoms with Crippen molar-refractivity contribution in [2.24, 2.45) is 5.41 Å². The Hall–Kier alpha value is -1.00. The zero-order chi connectivity index (χ0) is 14.9. The van der Waals surface area contributed by atoms with E-state index < -0.39 is 11.4 Å². The highest BCUT2D eigenvalue weighted by molar-refractivity contribution is 7.99. The number of fused-ring (bicyclic) bond motifs is 1. The number of hydrogen-bond donors (Lipinski definition) is 1. The van der Waals surface area contributed by atoms with E-state index in [9.17, 15) is 9.90 Å². The zero-order valence-corrected chi connectivity index (χ0v) is 13.4. The van der Waals surface area contributed by atoms with Crippen molar-refractivity contribution in [1.29, 1.82) is 0 Å². The number of carbonyl (C=O) groups is 1. The largest absolute Gasteiger partial charge is 0.481 e. The van der Waals surface area contributed by atoms with E-state index in [1.807, 2.05) is 11.8 Å². The van der Waals surface area contributed by atoms with Crippen LogP contribution in [0.2, 0.25) is 0 Å². The van der Waals surface area contributed by atoms with Crippen LogP contribution in [0.25, 0.3) is 0 Å². The molecule has 2 unspecified atom stereocenters. The van der Waals surface area contributed by atoms with Crippen molar-refractivity contribution in [2.75, 3.05) is 18.8 Å². The fourth-order valence-electron chi connectivity index (χ4n) is 3.84. The molecule has 0 bridgehead atoms. The van der Waals surface area contributed by atoms with Gasteiger partial charge in [0.25, 0.3) is 0 Å². The number of rotatable bonds is 4. The van der Waals surface area contributed by atoms with Gasteiger partial charge in [-0.3, -0.25) is 9.69 Å². The summed E-state index contributed by atoms with van der Waals surface area (Å²) in [5, 5.41) is 9.68. The lowest BCUT2D eigenvalue weighted by atomic mass is 9.82. The van der Waals surface area contributed by atoms with Gasteiger partial charge in [-0.2, -0.15) is 0 Å². The van der Waals surface area contributed by atoms with Gasteiger partial charge >= 0.3 is 5.97 Å². The number of aliphatic carboxylic acids is 1. The van der Waals surface area contributed by atoms with Crippen LogP contribution in [0.3, 0.4) is 0 Å². The van der Waals surface area contributed by atoms with Crippen LogP contribution in [0.5, 0.6) is 0 Å². The Morgan fingerprint density at radius 3 is 3.05 bits per heavy atom. The average molecular weight is 305 g/mol. The predicted molar refractivity (Wildman–Crippen MR) is 85.7 cm³/mol. The number of likely N-dealkylation sites (tertiary alicyclic amines) is 1. The number of carboxylic acid groups (broad SMARTS) is 1. The average Bonchev–Trinajstić information content (AvgIpc) is 2.92. The third-order valence-corrected chi connectivity index (χ3v) is 6.06. The van der Waals surface area contributed by atoms with E-state index in [1.54, 1.807) is 0 Å². The molecule has 0 amide bonds. The smallest absolute Gasteiger partial charge is 0.310 e. The quantitative estimate of drug-likeness (QED) is 0.918. The highest BCUT2D eigenvalue weighted by Crippen LogP contribution is 2.44. The van der Waals surface area contributed by atoms with E-state index >= 15 is 0 Å². The summed E-state index contributed by atoms with van der Waals surface area (Å²) in [4.78, 5) is 15.5. The Morgan fingerprint density at radius 2 is 2.29 bits per heavy atom. The monoisotopic (exact) mass is 305 g/mol. The Labute approximate surface area is 130 Å². The van der Waals surface area contributed by atoms with Crippen LogP contribution >= 0.6 is 11.8 Å². The van der Waals surface area contributed by atoms with Crippen molar-refractivity contribution in [2.45, 2.75) is 43.5 Å². The molecular formula is C17H23NO2S. The summed E-state index contributed by atoms with van der Waals surface area (Å²) in [6.45, 7) is 3.70. The Balaban J connectivity index is 1.82. The van der Waals surface area contributed by atoms with Crippen LogP contribution in [0.4, 0.5) is 0 Å². The predicted octanol–water partition coefficient (Wildman–Crippen LogP) is 3.80. The molecule has 1 N–H and O–H groups in total. The van der Waals surface area contributed by atoms with Crippen LogP contribution in [0, 0.1) is 5.41 Å². The molecule has 0 aliphatic carbocycles. The van der Waals surface area contributed by atoms with E-state index in [0.29, 0.717) is 12.6 Å². The first kappa shape index (κ1) is 14.9. The minimum absolute atomic E-state index is 0.403. The van der Waals surface area contributed by atoms with Gasteiger partial charge in [0, 0.05) is 17.5 Å².